The SMILES string of the molecule is CC(C)C[C@@H](/C=C/[C@H](Cc1ccccc1)C(=O)N1CCC[C@H]1N(C=O)[C@@H](CCCCNC(=O)OCC1c2ccccc2-c2ccccc21)C(=O)NC(C)C)NC(=O)OC(C)(C)C. The third-order valence-corrected chi connectivity index (χ3v) is 11.2. The highest BCUT2D eigenvalue weighted by molar-refractivity contribution is 5.85. The fourth-order valence-corrected chi connectivity index (χ4v) is 8.51. The molecule has 1 saturated heterocycles. The Morgan fingerprint density at radius 2 is 1.48 bits per heavy atom. The van der Waals surface area contributed by atoms with Gasteiger partial charge in [-0.15, -0.1) is 0 Å². The number of fused-ring (bicyclic) bond motifs is 3. The Labute approximate surface area is 368 Å². The van der Waals surface area contributed by atoms with Gasteiger partial charge in [0.15, 0.2) is 0 Å². The number of carbonyl (C=O) groups excluding carboxylic acids is 5. The minimum atomic E-state index is -0.834. The molecule has 62 heavy (non-hydrogen) atoms. The Bertz CT molecular complexity index is 1950. The van der Waals surface area contributed by atoms with Crippen molar-refractivity contribution < 1.29 is 33.4 Å². The molecule has 0 bridgehead atoms. The van der Waals surface area contributed by atoms with Crippen molar-refractivity contribution in [3.05, 3.63) is 108 Å². The molecule has 1 heterocycles. The van der Waals surface area contributed by atoms with E-state index >= 15 is 0 Å². The first-order chi connectivity index (χ1) is 29.6. The number of nitrogens with zero attached hydrogens (tertiary/aromatic N) is 2. The van der Waals surface area contributed by atoms with Crippen LogP contribution in [-0.4, -0.2) is 89.8 Å². The summed E-state index contributed by atoms with van der Waals surface area (Å²) < 4.78 is 11.3. The summed E-state index contributed by atoms with van der Waals surface area (Å²) in [6.45, 7) is 14.3. The number of alkyl carbamates (subject to hydrolysis) is 2. The summed E-state index contributed by atoms with van der Waals surface area (Å²) in [5, 5.41) is 8.81. The van der Waals surface area contributed by atoms with E-state index in [2.05, 4.69) is 54.1 Å². The minimum absolute atomic E-state index is 0.0441. The van der Waals surface area contributed by atoms with Crippen molar-refractivity contribution in [2.75, 3.05) is 19.7 Å². The van der Waals surface area contributed by atoms with E-state index in [9.17, 15) is 24.0 Å². The van der Waals surface area contributed by atoms with Gasteiger partial charge in [-0.25, -0.2) is 9.59 Å². The van der Waals surface area contributed by atoms with Crippen LogP contribution in [0.4, 0.5) is 9.59 Å². The van der Waals surface area contributed by atoms with Gasteiger partial charge in [0.25, 0.3) is 0 Å². The molecule has 3 N–H and O–H groups in total. The van der Waals surface area contributed by atoms with Gasteiger partial charge in [0.05, 0.1) is 12.0 Å². The number of rotatable bonds is 20. The van der Waals surface area contributed by atoms with Crippen LogP contribution in [0.3, 0.4) is 0 Å². The van der Waals surface area contributed by atoms with Crippen molar-refractivity contribution >= 4 is 30.4 Å². The lowest BCUT2D eigenvalue weighted by atomic mass is 9.95. The van der Waals surface area contributed by atoms with E-state index in [1.807, 2.05) is 101 Å². The lowest BCUT2D eigenvalue weighted by Gasteiger charge is -2.38. The molecule has 0 spiro atoms. The molecule has 3 aromatic rings. The molecule has 4 atom stereocenters. The Balaban J connectivity index is 1.24. The normalized spacial score (nSPS) is 16.3. The predicted molar refractivity (Wildman–Crippen MR) is 242 cm³/mol. The summed E-state index contributed by atoms with van der Waals surface area (Å²) in [4.78, 5) is 70.5. The summed E-state index contributed by atoms with van der Waals surface area (Å²) >= 11 is 0. The number of benzene rings is 3. The van der Waals surface area contributed by atoms with Crippen LogP contribution in [0.25, 0.3) is 11.1 Å². The molecule has 12 nitrogen and oxygen atoms in total. The molecule has 12 heteroatoms. The molecule has 2 aliphatic rings. The van der Waals surface area contributed by atoms with Gasteiger partial charge in [-0.2, -0.15) is 0 Å². The summed E-state index contributed by atoms with van der Waals surface area (Å²) in [5.41, 5.74) is 4.90. The summed E-state index contributed by atoms with van der Waals surface area (Å²) in [7, 11) is 0. The van der Waals surface area contributed by atoms with Crippen LogP contribution >= 0.6 is 0 Å². The van der Waals surface area contributed by atoms with Crippen LogP contribution in [0.5, 0.6) is 0 Å². The first-order valence-electron chi connectivity index (χ1n) is 22.3. The largest absolute Gasteiger partial charge is 0.449 e. The lowest BCUT2D eigenvalue weighted by molar-refractivity contribution is -0.147. The van der Waals surface area contributed by atoms with E-state index in [4.69, 9.17) is 9.47 Å². The molecular formula is C50H67N5O7. The predicted octanol–water partition coefficient (Wildman–Crippen LogP) is 8.35. The fourth-order valence-electron chi connectivity index (χ4n) is 8.51. The number of ether oxygens (including phenoxy) is 2. The number of hydrogen-bond acceptors (Lipinski definition) is 7. The number of carbonyl (C=O) groups is 5. The average Bonchev–Trinajstić information content (AvgIpc) is 3.83. The minimum Gasteiger partial charge on any atom is -0.449 e. The van der Waals surface area contributed by atoms with Crippen LogP contribution in [0.2, 0.25) is 0 Å². The van der Waals surface area contributed by atoms with Crippen molar-refractivity contribution in [2.45, 2.75) is 129 Å². The second-order valence-corrected chi connectivity index (χ2v) is 18.2. The highest BCUT2D eigenvalue weighted by atomic mass is 16.6. The number of likely N-dealkylation sites (tertiary alicyclic amines) is 1. The Hall–Kier alpha value is -5.65. The summed E-state index contributed by atoms with van der Waals surface area (Å²) in [6.07, 6.45) is 6.45. The monoisotopic (exact) mass is 850 g/mol. The fraction of sp³-hybridized carbons (Fsp3) is 0.500. The molecule has 1 aliphatic carbocycles. The standard InChI is InChI=1S/C50H67N5O7/c1-34(2)30-38(53-49(60)62-50(5,6)7)27-26-37(31-36-18-9-8-10-19-36)47(58)54-29-17-25-45(54)55(33-56)44(46(57)52-35(3)4)24-15-16-28-51-48(59)61-32-43-41-22-13-11-20-39(41)40-21-12-14-23-42(40)43/h8-14,18-23,26-27,33-35,37-38,43-45H,15-17,24-25,28-32H2,1-7H3,(H,51,59)(H,52,57)(H,53,60)/b27-26+/t37-,38-,44+,45-/m1/s1. The van der Waals surface area contributed by atoms with E-state index in [1.54, 1.807) is 4.90 Å². The lowest BCUT2D eigenvalue weighted by Crippen LogP contribution is -2.57. The number of nitrogens with one attached hydrogen (secondary N) is 3. The molecule has 3 aromatic carbocycles. The second kappa shape index (κ2) is 22.4. The van der Waals surface area contributed by atoms with Gasteiger partial charge in [0, 0.05) is 25.0 Å². The Morgan fingerprint density at radius 1 is 0.839 bits per heavy atom. The van der Waals surface area contributed by atoms with Crippen molar-refractivity contribution in [1.29, 1.82) is 0 Å². The molecule has 1 fully saturated rings. The first kappa shape index (κ1) is 47.4. The van der Waals surface area contributed by atoms with Crippen LogP contribution in [-0.2, 0) is 30.3 Å². The molecule has 0 radical (unpaired) electrons. The van der Waals surface area contributed by atoms with Crippen LogP contribution in [0, 0.1) is 11.8 Å². The zero-order chi connectivity index (χ0) is 44.8. The van der Waals surface area contributed by atoms with Gasteiger partial charge in [-0.1, -0.05) is 105 Å². The molecule has 0 unspecified atom stereocenters. The zero-order valence-electron chi connectivity index (χ0n) is 37.6. The van der Waals surface area contributed by atoms with E-state index in [1.165, 1.54) is 4.90 Å². The number of amides is 5. The van der Waals surface area contributed by atoms with Crippen molar-refractivity contribution in [3.8, 4) is 11.1 Å². The summed E-state index contributed by atoms with van der Waals surface area (Å²) in [5.74, 6) is -0.841. The Morgan fingerprint density at radius 3 is 2.10 bits per heavy atom. The highest BCUT2D eigenvalue weighted by Crippen LogP contribution is 2.44. The van der Waals surface area contributed by atoms with Crippen LogP contribution in [0.15, 0.2) is 91.0 Å². The van der Waals surface area contributed by atoms with E-state index in [0.717, 1.165) is 27.8 Å². The van der Waals surface area contributed by atoms with Crippen molar-refractivity contribution in [2.24, 2.45) is 11.8 Å². The molecule has 334 valence electrons. The third-order valence-electron chi connectivity index (χ3n) is 11.2. The number of unbranched alkanes of at least 4 members (excludes halogenated alkanes) is 1. The van der Waals surface area contributed by atoms with Gasteiger partial charge in [0.2, 0.25) is 18.2 Å². The number of hydrogen-bond donors (Lipinski definition) is 3. The smallest absolute Gasteiger partial charge is 0.408 e. The van der Waals surface area contributed by atoms with Gasteiger partial charge in [0.1, 0.15) is 24.4 Å². The van der Waals surface area contributed by atoms with Crippen molar-refractivity contribution in [1.82, 2.24) is 25.8 Å². The maximum Gasteiger partial charge on any atom is 0.408 e. The molecule has 5 rings (SSSR count). The van der Waals surface area contributed by atoms with E-state index < -0.39 is 35.9 Å². The zero-order valence-corrected chi connectivity index (χ0v) is 37.6. The quantitative estimate of drug-likeness (QED) is 0.0589. The second-order valence-electron chi connectivity index (χ2n) is 18.2. The van der Waals surface area contributed by atoms with Gasteiger partial charge in [-0.3, -0.25) is 14.4 Å². The molecular weight excluding hydrogens is 783 g/mol. The van der Waals surface area contributed by atoms with Gasteiger partial charge in [-0.05, 0) is 113 Å². The first-order valence-corrected chi connectivity index (χ1v) is 22.3. The maximum atomic E-state index is 14.7. The maximum absolute atomic E-state index is 14.7. The molecule has 5 amide bonds. The summed E-state index contributed by atoms with van der Waals surface area (Å²) in [6, 6.07) is 24.8. The topological polar surface area (TPSA) is 146 Å². The molecule has 0 aromatic heterocycles. The molecule has 0 saturated carbocycles. The highest BCUT2D eigenvalue weighted by Gasteiger charge is 2.40. The van der Waals surface area contributed by atoms with Crippen molar-refractivity contribution in [3.63, 3.8) is 0 Å². The van der Waals surface area contributed by atoms with Crippen LogP contribution < -0.4 is 16.0 Å². The van der Waals surface area contributed by atoms with Crippen LogP contribution in [0.1, 0.15) is 110 Å². The Kier molecular flexibility index (Phi) is 17.2. The van der Waals surface area contributed by atoms with E-state index in [0.29, 0.717) is 64.4 Å². The van der Waals surface area contributed by atoms with Gasteiger partial charge < -0.3 is 35.2 Å². The average molecular weight is 850 g/mol. The van der Waals surface area contributed by atoms with E-state index in [-0.39, 0.29) is 42.3 Å². The molecule has 1 aliphatic heterocycles. The van der Waals surface area contributed by atoms with Gasteiger partial charge >= 0.3 is 12.2 Å². The third kappa shape index (κ3) is 13.4.